The zero-order valence-corrected chi connectivity index (χ0v) is 25.9. The van der Waals surface area contributed by atoms with Crippen molar-refractivity contribution in [1.82, 2.24) is 9.13 Å². The summed E-state index contributed by atoms with van der Waals surface area (Å²) in [6.45, 7) is 2.51. The molecule has 0 bridgehead atoms. The van der Waals surface area contributed by atoms with Gasteiger partial charge in [0.05, 0.1) is 22.1 Å². The highest BCUT2D eigenvalue weighted by Crippen LogP contribution is 2.58. The molecule has 2 heteroatoms. The third-order valence-electron chi connectivity index (χ3n) is 11.2. The number of hydrogen-bond acceptors (Lipinski definition) is 0. The zero-order chi connectivity index (χ0) is 30.4. The van der Waals surface area contributed by atoms with Crippen LogP contribution >= 0.6 is 0 Å². The van der Waals surface area contributed by atoms with E-state index < -0.39 is 0 Å². The maximum atomic E-state index is 2.55. The molecule has 0 saturated carbocycles. The highest BCUT2D eigenvalue weighted by molar-refractivity contribution is 6.11. The van der Waals surface area contributed by atoms with E-state index >= 15 is 0 Å². The predicted molar refractivity (Wildman–Crippen MR) is 193 cm³/mol. The molecule has 220 valence electrons. The van der Waals surface area contributed by atoms with Gasteiger partial charge in [-0.3, -0.25) is 0 Å². The summed E-state index contributed by atoms with van der Waals surface area (Å²) in [4.78, 5) is 0. The molecular weight excluding hydrogens is 556 g/mol. The van der Waals surface area contributed by atoms with Crippen LogP contribution in [0.2, 0.25) is 0 Å². The van der Waals surface area contributed by atoms with E-state index in [1.165, 1.54) is 66.1 Å². The number of benzene rings is 5. The molecule has 2 aromatic heterocycles. The molecule has 2 heterocycles. The molecule has 10 rings (SSSR count). The summed E-state index contributed by atoms with van der Waals surface area (Å²) in [7, 11) is 0. The summed E-state index contributed by atoms with van der Waals surface area (Å²) in [6.07, 6.45) is 18.6. The van der Waals surface area contributed by atoms with Crippen LogP contribution < -0.4 is 0 Å². The van der Waals surface area contributed by atoms with E-state index in [0.29, 0.717) is 11.8 Å². The molecule has 7 aromatic rings. The van der Waals surface area contributed by atoms with Gasteiger partial charge in [-0.1, -0.05) is 116 Å². The molecule has 46 heavy (non-hydrogen) atoms. The van der Waals surface area contributed by atoms with E-state index in [4.69, 9.17) is 0 Å². The van der Waals surface area contributed by atoms with Crippen LogP contribution in [0.4, 0.5) is 0 Å². The van der Waals surface area contributed by atoms with Crippen LogP contribution in [0.25, 0.3) is 55.0 Å². The van der Waals surface area contributed by atoms with E-state index in [2.05, 4.69) is 168 Å². The SMILES string of the molecule is CC1(C2=CC=CCC2)c2cc3c(cc2C2C=CC=CC21)c1ccccc1n3-c1cccc(-n2c3ccccc3c3ccccc32)c1. The Balaban J connectivity index is 1.25. The number of rotatable bonds is 3. The third kappa shape index (κ3) is 3.42. The predicted octanol–water partition coefficient (Wildman–Crippen LogP) is 11.3. The van der Waals surface area contributed by atoms with E-state index in [1.807, 2.05) is 0 Å². The maximum Gasteiger partial charge on any atom is 0.0544 e. The van der Waals surface area contributed by atoms with Crippen LogP contribution in [-0.4, -0.2) is 9.13 Å². The molecule has 2 nitrogen and oxygen atoms in total. The molecule has 3 aliphatic carbocycles. The fourth-order valence-corrected chi connectivity index (χ4v) is 9.07. The largest absolute Gasteiger partial charge is 0.309 e. The summed E-state index contributed by atoms with van der Waals surface area (Å²) in [5.41, 5.74) is 11.8. The highest BCUT2D eigenvalue weighted by atomic mass is 15.0. The quantitative estimate of drug-likeness (QED) is 0.194. The van der Waals surface area contributed by atoms with E-state index in [-0.39, 0.29) is 5.41 Å². The summed E-state index contributed by atoms with van der Waals surface area (Å²) in [5, 5.41) is 5.21. The summed E-state index contributed by atoms with van der Waals surface area (Å²) < 4.78 is 4.93. The second-order valence-electron chi connectivity index (χ2n) is 13.4. The molecule has 5 aromatic carbocycles. The van der Waals surface area contributed by atoms with Crippen molar-refractivity contribution in [1.29, 1.82) is 0 Å². The van der Waals surface area contributed by atoms with Crippen molar-refractivity contribution >= 4 is 43.6 Å². The van der Waals surface area contributed by atoms with Gasteiger partial charge < -0.3 is 9.13 Å². The van der Waals surface area contributed by atoms with Gasteiger partial charge in [-0.15, -0.1) is 0 Å². The lowest BCUT2D eigenvalue weighted by molar-refractivity contribution is 0.406. The maximum absolute atomic E-state index is 2.55. The number of hydrogen-bond donors (Lipinski definition) is 0. The van der Waals surface area contributed by atoms with Crippen LogP contribution in [0.5, 0.6) is 0 Å². The number of aromatic nitrogens is 2. The molecule has 0 fully saturated rings. The third-order valence-corrected chi connectivity index (χ3v) is 11.2. The average molecular weight is 591 g/mol. The van der Waals surface area contributed by atoms with Crippen LogP contribution in [0.1, 0.15) is 36.8 Å². The number of allylic oxidation sites excluding steroid dienone is 8. The Labute approximate surface area is 268 Å². The molecule has 0 aliphatic heterocycles. The minimum absolute atomic E-state index is 0.0493. The van der Waals surface area contributed by atoms with Crippen molar-refractivity contribution in [2.24, 2.45) is 5.92 Å². The van der Waals surface area contributed by atoms with Gasteiger partial charge in [0.25, 0.3) is 0 Å². The van der Waals surface area contributed by atoms with Crippen LogP contribution in [0.3, 0.4) is 0 Å². The number of fused-ring (bicyclic) bond motifs is 9. The van der Waals surface area contributed by atoms with Crippen molar-refractivity contribution in [3.8, 4) is 11.4 Å². The second-order valence-corrected chi connectivity index (χ2v) is 13.4. The van der Waals surface area contributed by atoms with Gasteiger partial charge in [-0.2, -0.15) is 0 Å². The topological polar surface area (TPSA) is 9.86 Å². The summed E-state index contributed by atoms with van der Waals surface area (Å²) in [5.74, 6) is 0.817. The Bertz CT molecular complexity index is 2460. The van der Waals surface area contributed by atoms with Crippen molar-refractivity contribution in [2.45, 2.75) is 31.1 Å². The minimum atomic E-state index is -0.0493. The molecule has 3 unspecified atom stereocenters. The monoisotopic (exact) mass is 590 g/mol. The average Bonchev–Trinajstić information content (AvgIpc) is 3.72. The van der Waals surface area contributed by atoms with Crippen molar-refractivity contribution in [3.05, 3.63) is 168 Å². The molecule has 0 radical (unpaired) electrons. The Morgan fingerprint density at radius 1 is 0.587 bits per heavy atom. The first-order valence-corrected chi connectivity index (χ1v) is 16.6. The molecular formula is C44H34N2. The van der Waals surface area contributed by atoms with Gasteiger partial charge in [-0.25, -0.2) is 0 Å². The first kappa shape index (κ1) is 25.9. The van der Waals surface area contributed by atoms with E-state index in [0.717, 1.165) is 12.8 Å². The van der Waals surface area contributed by atoms with Crippen molar-refractivity contribution < 1.29 is 0 Å². The lowest BCUT2D eigenvalue weighted by Gasteiger charge is -2.37. The molecule has 0 spiro atoms. The first-order chi connectivity index (χ1) is 22.7. The van der Waals surface area contributed by atoms with Crippen molar-refractivity contribution in [3.63, 3.8) is 0 Å². The Kier molecular flexibility index (Phi) is 5.40. The second kappa shape index (κ2) is 9.58. The highest BCUT2D eigenvalue weighted by Gasteiger charge is 2.49. The van der Waals surface area contributed by atoms with Crippen LogP contribution in [0.15, 0.2) is 157 Å². The normalized spacial score (nSPS) is 21.8. The molecule has 3 atom stereocenters. The Hall–Kier alpha value is -5.34. The number of nitrogens with zero attached hydrogens (tertiary/aromatic N) is 2. The fraction of sp³-hybridized carbons (Fsp3) is 0.136. The summed E-state index contributed by atoms with van der Waals surface area (Å²) >= 11 is 0. The van der Waals surface area contributed by atoms with Gasteiger partial charge >= 0.3 is 0 Å². The standard InChI is InChI=1S/C44H34N2/c1-44(29-14-3-2-4-15-29)38-22-9-5-18-32(38)36-27-37-35-21-8-12-25-42(35)46(43(37)28-39(36)44)31-17-13-16-30(26-31)45-40-23-10-6-19-33(40)34-20-7-11-24-41(34)45/h2-3,5-14,16-28,32,38H,4,15H2,1H3. The molecule has 3 aliphatic rings. The lowest BCUT2D eigenvalue weighted by atomic mass is 9.66. The summed E-state index contributed by atoms with van der Waals surface area (Å²) in [6, 6.07) is 40.7. The lowest BCUT2D eigenvalue weighted by Crippen LogP contribution is -2.31. The minimum Gasteiger partial charge on any atom is -0.309 e. The molecule has 0 N–H and O–H groups in total. The van der Waals surface area contributed by atoms with Crippen molar-refractivity contribution in [2.75, 3.05) is 0 Å². The Morgan fingerprint density at radius 2 is 1.20 bits per heavy atom. The van der Waals surface area contributed by atoms with Gasteiger partial charge in [0.15, 0.2) is 0 Å². The van der Waals surface area contributed by atoms with Gasteiger partial charge in [0.1, 0.15) is 0 Å². The van der Waals surface area contributed by atoms with Gasteiger partial charge in [0, 0.05) is 50.2 Å². The first-order valence-electron chi connectivity index (χ1n) is 16.6. The molecule has 0 saturated heterocycles. The van der Waals surface area contributed by atoms with Gasteiger partial charge in [0.2, 0.25) is 0 Å². The molecule has 0 amide bonds. The van der Waals surface area contributed by atoms with E-state index in [9.17, 15) is 0 Å². The Morgan fingerprint density at radius 3 is 1.85 bits per heavy atom. The van der Waals surface area contributed by atoms with Gasteiger partial charge in [-0.05, 0) is 72.5 Å². The van der Waals surface area contributed by atoms with Crippen LogP contribution in [-0.2, 0) is 5.41 Å². The fourth-order valence-electron chi connectivity index (χ4n) is 9.07. The van der Waals surface area contributed by atoms with E-state index in [1.54, 1.807) is 5.57 Å². The zero-order valence-electron chi connectivity index (χ0n) is 25.9. The van der Waals surface area contributed by atoms with Crippen LogP contribution in [0, 0.1) is 5.92 Å². The number of para-hydroxylation sites is 3. The smallest absolute Gasteiger partial charge is 0.0544 e.